The number of nitrogens with zero attached hydrogens (tertiary/aromatic N) is 2. The van der Waals surface area contributed by atoms with E-state index in [0.717, 1.165) is 0 Å². The van der Waals surface area contributed by atoms with Gasteiger partial charge < -0.3 is 17.2 Å². The lowest BCUT2D eigenvalue weighted by molar-refractivity contribution is -0.121. The van der Waals surface area contributed by atoms with E-state index >= 15 is 0 Å². The van der Waals surface area contributed by atoms with E-state index < -0.39 is 17.9 Å². The number of hydrogen-bond donors (Lipinski definition) is 3. The molecule has 1 aromatic rings. The van der Waals surface area contributed by atoms with Crippen molar-refractivity contribution < 1.29 is 9.59 Å². The molecular formula is C8H13N5O2. The number of rotatable bonds is 4. The smallest absolute Gasteiger partial charge is 0.271 e. The summed E-state index contributed by atoms with van der Waals surface area (Å²) in [6.45, 7) is 1.78. The van der Waals surface area contributed by atoms with Gasteiger partial charge in [0.2, 0.25) is 5.91 Å². The molecule has 7 heteroatoms. The van der Waals surface area contributed by atoms with Crippen LogP contribution in [0.3, 0.4) is 0 Å². The monoisotopic (exact) mass is 211 g/mol. The third kappa shape index (κ3) is 2.06. The average Bonchev–Trinajstić information content (AvgIpc) is 2.48. The van der Waals surface area contributed by atoms with E-state index in [4.69, 9.17) is 17.2 Å². The first kappa shape index (κ1) is 11.0. The zero-order valence-electron chi connectivity index (χ0n) is 8.30. The highest BCUT2D eigenvalue weighted by Gasteiger charge is 2.19. The molecule has 15 heavy (non-hydrogen) atoms. The van der Waals surface area contributed by atoms with Crippen molar-refractivity contribution in [2.75, 3.05) is 5.73 Å². The van der Waals surface area contributed by atoms with Crippen LogP contribution in [-0.2, 0) is 4.79 Å². The van der Waals surface area contributed by atoms with Crippen LogP contribution in [-0.4, -0.2) is 21.6 Å². The number of hydrogen-bond acceptors (Lipinski definition) is 4. The molecule has 0 aliphatic heterocycles. The van der Waals surface area contributed by atoms with Gasteiger partial charge in [0.25, 0.3) is 5.91 Å². The topological polar surface area (TPSA) is 130 Å². The van der Waals surface area contributed by atoms with Gasteiger partial charge in [0.15, 0.2) is 5.69 Å². The van der Waals surface area contributed by atoms with Gasteiger partial charge in [-0.25, -0.2) is 0 Å². The van der Waals surface area contributed by atoms with Crippen LogP contribution in [0.1, 0.15) is 29.9 Å². The zero-order valence-corrected chi connectivity index (χ0v) is 8.30. The normalized spacial score (nSPS) is 12.3. The number of aromatic nitrogens is 2. The number of anilines is 1. The maximum Gasteiger partial charge on any atom is 0.271 e. The largest absolute Gasteiger partial charge is 0.396 e. The van der Waals surface area contributed by atoms with Crippen LogP contribution in [0.2, 0.25) is 0 Å². The summed E-state index contributed by atoms with van der Waals surface area (Å²) >= 11 is 0. The summed E-state index contributed by atoms with van der Waals surface area (Å²) in [5.74, 6) is -1.26. The van der Waals surface area contributed by atoms with Crippen molar-refractivity contribution in [3.05, 3.63) is 11.9 Å². The van der Waals surface area contributed by atoms with E-state index in [0.29, 0.717) is 6.42 Å². The fourth-order valence-electron chi connectivity index (χ4n) is 1.28. The summed E-state index contributed by atoms with van der Waals surface area (Å²) in [6.07, 6.45) is 1.84. The quantitative estimate of drug-likeness (QED) is 0.589. The van der Waals surface area contributed by atoms with Gasteiger partial charge in [0, 0.05) is 6.20 Å². The lowest BCUT2D eigenvalue weighted by Gasteiger charge is -2.10. The van der Waals surface area contributed by atoms with Gasteiger partial charge in [0.1, 0.15) is 6.04 Å². The van der Waals surface area contributed by atoms with Crippen LogP contribution >= 0.6 is 0 Å². The number of primary amides is 2. The Hall–Kier alpha value is -2.05. The second kappa shape index (κ2) is 3.99. The zero-order chi connectivity index (χ0) is 11.6. The van der Waals surface area contributed by atoms with Crippen LogP contribution < -0.4 is 17.2 Å². The van der Waals surface area contributed by atoms with Crippen molar-refractivity contribution in [2.24, 2.45) is 11.5 Å². The molecule has 1 unspecified atom stereocenters. The molecular weight excluding hydrogens is 198 g/mol. The van der Waals surface area contributed by atoms with Gasteiger partial charge in [0.05, 0.1) is 5.69 Å². The highest BCUT2D eigenvalue weighted by molar-refractivity contribution is 5.95. The van der Waals surface area contributed by atoms with Gasteiger partial charge in [-0.1, -0.05) is 6.92 Å². The van der Waals surface area contributed by atoms with E-state index in [1.807, 2.05) is 0 Å². The second-order valence-electron chi connectivity index (χ2n) is 3.10. The Morgan fingerprint density at radius 2 is 2.13 bits per heavy atom. The number of nitrogens with two attached hydrogens (primary N) is 3. The lowest BCUT2D eigenvalue weighted by atomic mass is 10.2. The van der Waals surface area contributed by atoms with Crippen molar-refractivity contribution in [3.8, 4) is 0 Å². The molecule has 0 bridgehead atoms. The Balaban J connectivity index is 3.10. The summed E-state index contributed by atoms with van der Waals surface area (Å²) < 4.78 is 1.26. The Morgan fingerprint density at radius 3 is 2.47 bits per heavy atom. The minimum absolute atomic E-state index is 0.0466. The molecule has 1 rings (SSSR count). The van der Waals surface area contributed by atoms with Gasteiger partial charge in [-0.05, 0) is 6.42 Å². The molecule has 0 fully saturated rings. The highest BCUT2D eigenvalue weighted by atomic mass is 16.2. The van der Waals surface area contributed by atoms with Crippen molar-refractivity contribution in [1.82, 2.24) is 9.78 Å². The van der Waals surface area contributed by atoms with Crippen LogP contribution in [0, 0.1) is 0 Å². The molecule has 0 spiro atoms. The maximum absolute atomic E-state index is 11.0. The fourth-order valence-corrected chi connectivity index (χ4v) is 1.28. The summed E-state index contributed by atoms with van der Waals surface area (Å²) in [7, 11) is 0. The number of nitrogen functional groups attached to an aromatic ring is 1. The first-order valence-corrected chi connectivity index (χ1v) is 4.41. The van der Waals surface area contributed by atoms with Crippen molar-refractivity contribution in [3.63, 3.8) is 0 Å². The third-order valence-corrected chi connectivity index (χ3v) is 2.03. The Morgan fingerprint density at radius 1 is 1.53 bits per heavy atom. The van der Waals surface area contributed by atoms with Crippen LogP contribution in [0.4, 0.5) is 5.69 Å². The number of carbonyl (C=O) groups is 2. The molecule has 0 saturated carbocycles. The molecule has 6 N–H and O–H groups in total. The summed E-state index contributed by atoms with van der Waals surface area (Å²) in [5.41, 5.74) is 15.8. The predicted octanol–water partition coefficient (Wildman–Crippen LogP) is -0.999. The highest BCUT2D eigenvalue weighted by Crippen LogP contribution is 2.15. The minimum Gasteiger partial charge on any atom is -0.396 e. The Labute approximate surface area is 86.2 Å². The Bertz CT molecular complexity index is 398. The molecule has 1 heterocycles. The summed E-state index contributed by atoms with van der Waals surface area (Å²) in [6, 6.07) is -0.611. The van der Waals surface area contributed by atoms with Gasteiger partial charge in [-0.15, -0.1) is 0 Å². The Kier molecular flexibility index (Phi) is 2.93. The molecule has 0 aliphatic carbocycles. The molecule has 2 amide bonds. The van der Waals surface area contributed by atoms with Crippen LogP contribution in [0.15, 0.2) is 6.20 Å². The van der Waals surface area contributed by atoms with Gasteiger partial charge in [-0.2, -0.15) is 5.10 Å². The van der Waals surface area contributed by atoms with E-state index in [2.05, 4.69) is 5.10 Å². The third-order valence-electron chi connectivity index (χ3n) is 2.03. The van der Waals surface area contributed by atoms with Crippen molar-refractivity contribution in [1.29, 1.82) is 0 Å². The minimum atomic E-state index is -0.731. The SMILES string of the molecule is CCC(C(N)=O)n1cc(N)c(C(N)=O)n1. The van der Waals surface area contributed by atoms with E-state index in [1.54, 1.807) is 6.92 Å². The summed E-state index contributed by atoms with van der Waals surface area (Å²) in [5, 5.41) is 3.82. The first-order chi connectivity index (χ1) is 6.97. The van der Waals surface area contributed by atoms with Crippen LogP contribution in [0.5, 0.6) is 0 Å². The molecule has 0 aromatic carbocycles. The maximum atomic E-state index is 11.0. The van der Waals surface area contributed by atoms with Crippen molar-refractivity contribution in [2.45, 2.75) is 19.4 Å². The lowest BCUT2D eigenvalue weighted by Crippen LogP contribution is -2.26. The molecule has 0 radical (unpaired) electrons. The molecule has 0 aliphatic rings. The van der Waals surface area contributed by atoms with Crippen LogP contribution in [0.25, 0.3) is 0 Å². The van der Waals surface area contributed by atoms with Crippen molar-refractivity contribution >= 4 is 17.5 Å². The average molecular weight is 211 g/mol. The van der Waals surface area contributed by atoms with E-state index in [-0.39, 0.29) is 11.4 Å². The second-order valence-corrected chi connectivity index (χ2v) is 3.10. The molecule has 1 atom stereocenters. The predicted molar refractivity (Wildman–Crippen MR) is 53.7 cm³/mol. The fraction of sp³-hybridized carbons (Fsp3) is 0.375. The van der Waals surface area contributed by atoms with E-state index in [9.17, 15) is 9.59 Å². The standard InChI is InChI=1S/C8H13N5O2/c1-2-5(7(10)14)13-3-4(9)6(12-13)8(11)15/h3,5H,2,9H2,1H3,(H2,10,14)(H2,11,15). The summed E-state index contributed by atoms with van der Waals surface area (Å²) in [4.78, 5) is 21.9. The molecule has 82 valence electrons. The van der Waals surface area contributed by atoms with Gasteiger partial charge in [-0.3, -0.25) is 14.3 Å². The van der Waals surface area contributed by atoms with Gasteiger partial charge >= 0.3 is 0 Å². The number of amides is 2. The molecule has 0 saturated heterocycles. The van der Waals surface area contributed by atoms with E-state index in [1.165, 1.54) is 10.9 Å². The number of carbonyl (C=O) groups excluding carboxylic acids is 2. The molecule has 1 aromatic heterocycles. The molecule has 7 nitrogen and oxygen atoms in total. The first-order valence-electron chi connectivity index (χ1n) is 4.41.